The van der Waals surface area contributed by atoms with Gasteiger partial charge in [-0.3, -0.25) is 4.79 Å². The Labute approximate surface area is 174 Å². The van der Waals surface area contributed by atoms with Crippen molar-refractivity contribution in [1.82, 2.24) is 5.01 Å². The lowest BCUT2D eigenvalue weighted by molar-refractivity contribution is 0.0779. The molecule has 0 saturated carbocycles. The first kappa shape index (κ1) is 19.2. The normalized spacial score (nSPS) is 16.6. The molecular formula is C23H23ClN2OS. The van der Waals surface area contributed by atoms with Gasteiger partial charge in [-0.15, -0.1) is 11.3 Å². The minimum Gasteiger partial charge on any atom is -0.266 e. The largest absolute Gasteiger partial charge is 0.285 e. The summed E-state index contributed by atoms with van der Waals surface area (Å²) in [7, 11) is 0. The van der Waals surface area contributed by atoms with E-state index in [1.807, 2.05) is 42.5 Å². The third kappa shape index (κ3) is 3.71. The Balaban J connectivity index is 1.63. The minimum atomic E-state index is -0.0994. The summed E-state index contributed by atoms with van der Waals surface area (Å²) >= 11 is 7.98. The quantitative estimate of drug-likeness (QED) is 0.414. The summed E-state index contributed by atoms with van der Waals surface area (Å²) in [5.41, 5.74) is 2.32. The molecule has 5 heteroatoms. The Hall–Kier alpha value is -2.17. The molecule has 2 heterocycles. The third-order valence-electron chi connectivity index (χ3n) is 5.21. The van der Waals surface area contributed by atoms with Crippen LogP contribution >= 0.6 is 22.9 Å². The van der Waals surface area contributed by atoms with E-state index in [1.165, 1.54) is 29.7 Å². The maximum atomic E-state index is 13.2. The highest BCUT2D eigenvalue weighted by Crippen LogP contribution is 2.37. The van der Waals surface area contributed by atoms with E-state index in [9.17, 15) is 4.79 Å². The number of thiophene rings is 1. The summed E-state index contributed by atoms with van der Waals surface area (Å²) in [6.45, 7) is 2.78. The molecule has 1 aliphatic heterocycles. The summed E-state index contributed by atoms with van der Waals surface area (Å²) in [4.78, 5) is 13.8. The van der Waals surface area contributed by atoms with Gasteiger partial charge in [0.1, 0.15) is 4.88 Å². The van der Waals surface area contributed by atoms with Crippen molar-refractivity contribution in [2.45, 2.75) is 38.5 Å². The lowest BCUT2D eigenvalue weighted by Gasteiger charge is -2.15. The van der Waals surface area contributed by atoms with Gasteiger partial charge in [0, 0.05) is 21.7 Å². The minimum absolute atomic E-state index is 0.0994. The average molecular weight is 411 g/mol. The summed E-state index contributed by atoms with van der Waals surface area (Å²) in [6.07, 6.45) is 4.38. The van der Waals surface area contributed by atoms with Gasteiger partial charge in [-0.25, -0.2) is 5.01 Å². The Morgan fingerprint density at radius 3 is 2.64 bits per heavy atom. The van der Waals surface area contributed by atoms with Crippen molar-refractivity contribution in [1.29, 1.82) is 0 Å². The van der Waals surface area contributed by atoms with E-state index in [-0.39, 0.29) is 11.8 Å². The Morgan fingerprint density at radius 2 is 1.89 bits per heavy atom. The number of carbonyl (C=O) groups is 1. The maximum absolute atomic E-state index is 13.2. The topological polar surface area (TPSA) is 32.7 Å². The lowest BCUT2D eigenvalue weighted by atomic mass is 9.92. The van der Waals surface area contributed by atoms with Crippen LogP contribution in [0.15, 0.2) is 59.7 Å². The smallest absolute Gasteiger partial charge is 0.266 e. The van der Waals surface area contributed by atoms with Crippen molar-refractivity contribution in [3.63, 3.8) is 0 Å². The molecule has 2 aromatic carbocycles. The highest BCUT2D eigenvalue weighted by molar-refractivity contribution is 7.21. The van der Waals surface area contributed by atoms with E-state index in [4.69, 9.17) is 16.7 Å². The Morgan fingerprint density at radius 1 is 1.14 bits per heavy atom. The fourth-order valence-electron chi connectivity index (χ4n) is 3.70. The SMILES string of the molecule is CCCCCC1=NN(C(=O)c2sc3ccccc3c2Cl)CC1c1ccccc1. The number of hydrogen-bond acceptors (Lipinski definition) is 3. The van der Waals surface area contributed by atoms with Crippen LogP contribution in [0.4, 0.5) is 0 Å². The van der Waals surface area contributed by atoms with Crippen LogP contribution in [0.5, 0.6) is 0 Å². The number of halogens is 1. The van der Waals surface area contributed by atoms with Crippen LogP contribution < -0.4 is 0 Å². The molecule has 4 rings (SSSR count). The van der Waals surface area contributed by atoms with Crippen LogP contribution in [0.3, 0.4) is 0 Å². The molecule has 0 bridgehead atoms. The van der Waals surface area contributed by atoms with E-state index in [0.717, 1.165) is 28.6 Å². The van der Waals surface area contributed by atoms with Gasteiger partial charge in [-0.05, 0) is 24.5 Å². The summed E-state index contributed by atoms with van der Waals surface area (Å²) < 4.78 is 1.03. The van der Waals surface area contributed by atoms with Crippen molar-refractivity contribution in [2.75, 3.05) is 6.54 Å². The van der Waals surface area contributed by atoms with Gasteiger partial charge in [-0.1, -0.05) is 79.9 Å². The van der Waals surface area contributed by atoms with Crippen molar-refractivity contribution in [2.24, 2.45) is 5.10 Å². The molecule has 0 spiro atoms. The monoisotopic (exact) mass is 410 g/mol. The highest BCUT2D eigenvalue weighted by atomic mass is 35.5. The molecule has 3 nitrogen and oxygen atoms in total. The number of benzene rings is 2. The average Bonchev–Trinajstić information content (AvgIpc) is 3.30. The standard InChI is InChI=1S/C23H23ClN2OS/c1-2-3-5-13-19-18(16-10-6-4-7-11-16)15-26(25-19)23(27)22-21(24)17-12-8-9-14-20(17)28-22/h4,6-12,14,18H,2-3,5,13,15H2,1H3. The molecule has 1 aliphatic rings. The first-order valence-electron chi connectivity index (χ1n) is 9.80. The van der Waals surface area contributed by atoms with E-state index in [1.54, 1.807) is 5.01 Å². The van der Waals surface area contributed by atoms with Crippen molar-refractivity contribution < 1.29 is 4.79 Å². The molecule has 1 unspecified atom stereocenters. The zero-order chi connectivity index (χ0) is 19.5. The number of hydrogen-bond donors (Lipinski definition) is 0. The lowest BCUT2D eigenvalue weighted by Crippen LogP contribution is -2.25. The molecule has 3 aromatic rings. The second-order valence-corrected chi connectivity index (χ2v) is 8.57. The molecule has 1 aromatic heterocycles. The van der Waals surface area contributed by atoms with Crippen LogP contribution in [0.1, 0.15) is 53.8 Å². The number of nitrogens with zero attached hydrogens (tertiary/aromatic N) is 2. The van der Waals surface area contributed by atoms with E-state index >= 15 is 0 Å². The van der Waals surface area contributed by atoms with Crippen LogP contribution in [-0.2, 0) is 0 Å². The van der Waals surface area contributed by atoms with Crippen molar-refractivity contribution in [3.05, 3.63) is 70.1 Å². The number of carbonyl (C=O) groups excluding carboxylic acids is 1. The molecule has 0 radical (unpaired) electrons. The van der Waals surface area contributed by atoms with Gasteiger partial charge in [0.25, 0.3) is 5.91 Å². The van der Waals surface area contributed by atoms with Gasteiger partial charge in [-0.2, -0.15) is 5.10 Å². The predicted octanol–water partition coefficient (Wildman–Crippen LogP) is 6.73. The van der Waals surface area contributed by atoms with E-state index < -0.39 is 0 Å². The number of fused-ring (bicyclic) bond motifs is 1. The highest BCUT2D eigenvalue weighted by Gasteiger charge is 2.33. The number of amides is 1. The molecule has 1 amide bonds. The van der Waals surface area contributed by atoms with Crippen molar-refractivity contribution in [3.8, 4) is 0 Å². The fraction of sp³-hybridized carbons (Fsp3) is 0.304. The van der Waals surface area contributed by atoms with Crippen LogP contribution in [0, 0.1) is 0 Å². The molecule has 0 N–H and O–H groups in total. The molecular weight excluding hydrogens is 388 g/mol. The van der Waals surface area contributed by atoms with Crippen LogP contribution in [0.25, 0.3) is 10.1 Å². The zero-order valence-corrected chi connectivity index (χ0v) is 17.5. The van der Waals surface area contributed by atoms with Gasteiger partial charge >= 0.3 is 0 Å². The summed E-state index contributed by atoms with van der Waals surface area (Å²) in [6, 6.07) is 18.2. The molecule has 1 atom stereocenters. The molecule has 28 heavy (non-hydrogen) atoms. The maximum Gasteiger partial charge on any atom is 0.285 e. The number of hydrazone groups is 1. The summed E-state index contributed by atoms with van der Waals surface area (Å²) in [5.74, 6) is 0.0628. The van der Waals surface area contributed by atoms with Crippen LogP contribution in [-0.4, -0.2) is 23.2 Å². The first-order chi connectivity index (χ1) is 13.7. The number of unbranched alkanes of at least 4 members (excludes halogenated alkanes) is 2. The van der Waals surface area contributed by atoms with Crippen LogP contribution in [0.2, 0.25) is 5.02 Å². The molecule has 0 aliphatic carbocycles. The fourth-order valence-corrected chi connectivity index (χ4v) is 5.16. The Bertz CT molecular complexity index is 1010. The van der Waals surface area contributed by atoms with Gasteiger partial charge < -0.3 is 0 Å². The molecule has 144 valence electrons. The molecule has 0 fully saturated rings. The summed E-state index contributed by atoms with van der Waals surface area (Å²) in [5, 5.41) is 7.85. The second-order valence-electron chi connectivity index (χ2n) is 7.14. The molecule has 0 saturated heterocycles. The van der Waals surface area contributed by atoms with E-state index in [2.05, 4.69) is 19.1 Å². The Kier molecular flexibility index (Phi) is 5.79. The predicted molar refractivity (Wildman–Crippen MR) is 119 cm³/mol. The van der Waals surface area contributed by atoms with E-state index in [0.29, 0.717) is 16.4 Å². The third-order valence-corrected chi connectivity index (χ3v) is 6.87. The van der Waals surface area contributed by atoms with Gasteiger partial charge in [0.15, 0.2) is 0 Å². The van der Waals surface area contributed by atoms with Gasteiger partial charge in [0.05, 0.1) is 11.6 Å². The second kappa shape index (κ2) is 8.46. The van der Waals surface area contributed by atoms with Gasteiger partial charge in [0.2, 0.25) is 0 Å². The first-order valence-corrected chi connectivity index (χ1v) is 11.0. The zero-order valence-electron chi connectivity index (χ0n) is 15.9. The van der Waals surface area contributed by atoms with Crippen molar-refractivity contribution >= 4 is 44.6 Å². The number of rotatable bonds is 6.